The second-order valence-corrected chi connectivity index (χ2v) is 9.91. The van der Waals surface area contributed by atoms with Crippen molar-refractivity contribution in [1.29, 1.82) is 0 Å². The Hall–Kier alpha value is -0.136. The first-order valence-corrected chi connectivity index (χ1v) is 11.6. The summed E-state index contributed by atoms with van der Waals surface area (Å²) in [6.07, 6.45) is 2.25. The van der Waals surface area contributed by atoms with E-state index >= 15 is 0 Å². The van der Waals surface area contributed by atoms with E-state index in [0.29, 0.717) is 0 Å². The molecule has 0 saturated heterocycles. The van der Waals surface area contributed by atoms with Gasteiger partial charge in [0.2, 0.25) is 0 Å². The molecule has 3 heteroatoms. The molecule has 2 aromatic rings. The first-order valence-electron chi connectivity index (χ1n) is 6.44. The second-order valence-electron chi connectivity index (χ2n) is 4.21. The zero-order chi connectivity index (χ0) is 14.5. The molecule has 0 aliphatic carbocycles. The topological polar surface area (TPSA) is 0 Å². The quantitative estimate of drug-likeness (QED) is 0.471. The maximum absolute atomic E-state index is 5.53. The molecule has 0 N–H and O–H groups in total. The fraction of sp³-hybridized carbons (Fsp3) is 0.312. The summed E-state index contributed by atoms with van der Waals surface area (Å²) in [7, 11) is 11.1. The number of hydrogen-bond acceptors (Lipinski definition) is 0. The van der Waals surface area contributed by atoms with Crippen LogP contribution in [0.2, 0.25) is 0 Å². The molecule has 0 spiro atoms. The summed E-state index contributed by atoms with van der Waals surface area (Å²) in [6.45, 7) is 6.32. The zero-order valence-electron chi connectivity index (χ0n) is 11.9. The van der Waals surface area contributed by atoms with E-state index in [-0.39, 0.29) is 0 Å². The molecule has 0 amide bonds. The van der Waals surface area contributed by atoms with Crippen LogP contribution in [0.5, 0.6) is 0 Å². The molecule has 0 heterocycles. The molecule has 0 saturated carbocycles. The van der Waals surface area contributed by atoms with Gasteiger partial charge in [0, 0.05) is 0 Å². The Kier molecular flexibility index (Phi) is 12.8. The van der Waals surface area contributed by atoms with Crippen molar-refractivity contribution in [3.05, 3.63) is 59.7 Å². The van der Waals surface area contributed by atoms with Gasteiger partial charge in [-0.2, -0.15) is 35.4 Å². The van der Waals surface area contributed by atoms with Gasteiger partial charge in [0.25, 0.3) is 0 Å². The number of hydrogen-bond donors (Lipinski definition) is 0. The zero-order valence-corrected chi connectivity index (χ0v) is 14.9. The smallest absolute Gasteiger partial charge is 0.0635 e. The average molecular weight is 333 g/mol. The van der Waals surface area contributed by atoms with Crippen molar-refractivity contribution in [3.8, 4) is 0 Å². The van der Waals surface area contributed by atoms with Crippen LogP contribution >= 0.6 is 18.6 Å². The van der Waals surface area contributed by atoms with E-state index < -0.39 is 15.3 Å². The van der Waals surface area contributed by atoms with Gasteiger partial charge in [-0.1, -0.05) is 13.8 Å². The van der Waals surface area contributed by atoms with Crippen LogP contribution in [0.4, 0.5) is 0 Å². The molecule has 106 valence electrons. The summed E-state index contributed by atoms with van der Waals surface area (Å²) in [4.78, 5) is 0. The number of rotatable bonds is 2. The van der Waals surface area contributed by atoms with Crippen molar-refractivity contribution in [2.75, 3.05) is 0 Å². The first-order chi connectivity index (χ1) is 9.06. The van der Waals surface area contributed by atoms with E-state index in [4.69, 9.17) is 18.6 Å². The van der Waals surface area contributed by atoms with Gasteiger partial charge in [-0.05, 0) is 0 Å². The Bertz CT molecular complexity index is 390. The molecule has 2 aromatic carbocycles. The van der Waals surface area contributed by atoms with Crippen molar-refractivity contribution in [1.82, 2.24) is 0 Å². The number of aryl methyl sites for hydroxylation is 2. The third-order valence-corrected chi connectivity index (χ3v) is 4.41. The maximum Gasteiger partial charge on any atom is -0.0635 e. The van der Waals surface area contributed by atoms with Crippen molar-refractivity contribution >= 4 is 22.9 Å². The summed E-state index contributed by atoms with van der Waals surface area (Å²) in [5.41, 5.74) is 2.72. The molecule has 0 nitrogen and oxygen atoms in total. The Morgan fingerprint density at radius 3 is 1.79 bits per heavy atom. The van der Waals surface area contributed by atoms with E-state index in [1.54, 1.807) is 0 Å². The van der Waals surface area contributed by atoms with Gasteiger partial charge in [-0.25, -0.2) is 24.3 Å². The molecule has 2 rings (SSSR count). The summed E-state index contributed by atoms with van der Waals surface area (Å²) >= 11 is -1.59. The van der Waals surface area contributed by atoms with E-state index in [1.165, 1.54) is 11.1 Å². The number of halogens is 2. The number of unbranched alkanes of at least 4 members (excludes halogenated alkanes) is 1. The molecule has 0 aromatic heterocycles. The SMILES string of the molecule is CCC[CH]=[Ti]([Cl])[Cl].Cc1ccc(C)[cH-]1.c1cc[cH-]c1. The maximum atomic E-state index is 5.53. The molecule has 0 atom stereocenters. The van der Waals surface area contributed by atoms with Crippen molar-refractivity contribution < 1.29 is 15.3 Å². The summed E-state index contributed by atoms with van der Waals surface area (Å²) in [6, 6.07) is 16.4. The predicted molar refractivity (Wildman–Crippen MR) is 86.2 cm³/mol. The molecular weight excluding hydrogens is 311 g/mol. The summed E-state index contributed by atoms with van der Waals surface area (Å²) in [5.74, 6) is 0. The van der Waals surface area contributed by atoms with Gasteiger partial charge < -0.3 is 0 Å². The minimum absolute atomic E-state index is 1.09. The largest absolute Gasteiger partial charge is 0.214 e. The molecule has 0 aliphatic rings. The van der Waals surface area contributed by atoms with Crippen molar-refractivity contribution in [2.45, 2.75) is 33.6 Å². The van der Waals surface area contributed by atoms with Crippen LogP contribution in [0.15, 0.2) is 48.5 Å². The summed E-state index contributed by atoms with van der Waals surface area (Å²) in [5, 5.41) is 0. The van der Waals surface area contributed by atoms with Gasteiger partial charge in [0.1, 0.15) is 0 Å². The van der Waals surface area contributed by atoms with Crippen LogP contribution in [-0.4, -0.2) is 4.31 Å². The Morgan fingerprint density at radius 1 is 1.11 bits per heavy atom. The molecule has 0 fully saturated rings. The normalized spacial score (nSPS) is 8.68. The molecule has 0 aliphatic heterocycles. The van der Waals surface area contributed by atoms with Crippen molar-refractivity contribution in [2.24, 2.45) is 0 Å². The standard InChI is InChI=1S/C7H9.C5H5.C4H8.2ClH.Ti/c1-6-3-4-7(2)5-6;1-2-4-5-3-1;1-3-4-2;;;/h3-5H,1-2H3;1-5H;1H,3-4H2,2H3;2*1H;/q2*-1;;;;+2/p-2. The van der Waals surface area contributed by atoms with Gasteiger partial charge in [-0.15, -0.1) is 0 Å². The minimum Gasteiger partial charge on any atom is -0.214 e. The molecule has 0 radical (unpaired) electrons. The monoisotopic (exact) mass is 332 g/mol. The predicted octanol–water partition coefficient (Wildman–Crippen LogP) is 5.94. The van der Waals surface area contributed by atoms with Crippen LogP contribution in [0.3, 0.4) is 0 Å². The van der Waals surface area contributed by atoms with Gasteiger partial charge in [0.15, 0.2) is 0 Å². The molecule has 19 heavy (non-hydrogen) atoms. The van der Waals surface area contributed by atoms with Gasteiger partial charge >= 0.3 is 58.0 Å². The van der Waals surface area contributed by atoms with Gasteiger partial charge in [-0.3, -0.25) is 0 Å². The molecular formula is C16H22Cl2Ti-2. The van der Waals surface area contributed by atoms with Crippen LogP contribution in [-0.2, 0) is 15.3 Å². The van der Waals surface area contributed by atoms with E-state index in [9.17, 15) is 0 Å². The summed E-state index contributed by atoms with van der Waals surface area (Å²) < 4.78 is 2.04. The Labute approximate surface area is 131 Å². The van der Waals surface area contributed by atoms with Crippen molar-refractivity contribution in [3.63, 3.8) is 0 Å². The van der Waals surface area contributed by atoms with E-state index in [1.807, 2.05) is 34.6 Å². The fourth-order valence-corrected chi connectivity index (χ4v) is 2.98. The molecule has 0 unspecified atom stereocenters. The van der Waals surface area contributed by atoms with Crippen LogP contribution in [0.1, 0.15) is 30.9 Å². The minimum atomic E-state index is -1.59. The average Bonchev–Trinajstić information content (AvgIpc) is 3.02. The Balaban J connectivity index is 0.000000259. The third-order valence-electron chi connectivity index (χ3n) is 2.21. The van der Waals surface area contributed by atoms with Crippen LogP contribution < -0.4 is 0 Å². The third kappa shape index (κ3) is 14.1. The van der Waals surface area contributed by atoms with Crippen LogP contribution in [0, 0.1) is 13.8 Å². The van der Waals surface area contributed by atoms with Gasteiger partial charge in [0.05, 0.1) is 0 Å². The fourth-order valence-electron chi connectivity index (χ4n) is 1.29. The van der Waals surface area contributed by atoms with E-state index in [2.05, 4.69) is 39.0 Å². The second kappa shape index (κ2) is 12.9. The Morgan fingerprint density at radius 2 is 1.63 bits per heavy atom. The first kappa shape index (κ1) is 18.9. The van der Waals surface area contributed by atoms with E-state index in [0.717, 1.165) is 12.8 Å². The van der Waals surface area contributed by atoms with Crippen LogP contribution in [0.25, 0.3) is 0 Å². The molecule has 0 bridgehead atoms.